The Kier molecular flexibility index (Phi) is 6.49. The van der Waals surface area contributed by atoms with Crippen LogP contribution in [0.25, 0.3) is 0 Å². The molecule has 2 atom stereocenters. The number of hydrogen-bond acceptors (Lipinski definition) is 4. The largest absolute Gasteiger partial charge is 0.497 e. The van der Waals surface area contributed by atoms with Gasteiger partial charge in [0.05, 0.1) is 13.2 Å². The van der Waals surface area contributed by atoms with Crippen molar-refractivity contribution in [3.8, 4) is 5.75 Å². The number of nitrogens with one attached hydrogen (secondary N) is 1. The van der Waals surface area contributed by atoms with Crippen molar-refractivity contribution in [2.45, 2.75) is 38.5 Å². The lowest BCUT2D eigenvalue weighted by atomic mass is 10.1. The Hall–Kier alpha value is -1.10. The normalized spacial score (nSPS) is 19.9. The predicted octanol–water partition coefficient (Wildman–Crippen LogP) is 2.28. The summed E-state index contributed by atoms with van der Waals surface area (Å²) in [6.45, 7) is 6.13. The zero-order valence-corrected chi connectivity index (χ0v) is 13.5. The summed E-state index contributed by atoms with van der Waals surface area (Å²) in [5.41, 5.74) is 1.31. The Morgan fingerprint density at radius 2 is 2.14 bits per heavy atom. The standard InChI is InChI=1S/C17H28N2O2/c1-14(17-5-4-12-21-17)18-10-11-19(2)13-15-6-8-16(20-3)9-7-15/h6-9,14,17-18H,4-5,10-13H2,1-3H3. The van der Waals surface area contributed by atoms with Crippen molar-refractivity contribution in [2.75, 3.05) is 33.9 Å². The van der Waals surface area contributed by atoms with Crippen LogP contribution in [-0.4, -0.2) is 50.9 Å². The molecule has 0 saturated carbocycles. The molecule has 4 nitrogen and oxygen atoms in total. The molecule has 0 bridgehead atoms. The van der Waals surface area contributed by atoms with Crippen molar-refractivity contribution < 1.29 is 9.47 Å². The second-order valence-electron chi connectivity index (χ2n) is 5.88. The summed E-state index contributed by atoms with van der Waals surface area (Å²) in [4.78, 5) is 2.33. The van der Waals surface area contributed by atoms with Crippen LogP contribution in [-0.2, 0) is 11.3 Å². The third-order valence-corrected chi connectivity index (χ3v) is 4.09. The highest BCUT2D eigenvalue weighted by molar-refractivity contribution is 5.26. The lowest BCUT2D eigenvalue weighted by Gasteiger charge is -2.22. The summed E-state index contributed by atoms with van der Waals surface area (Å²) in [5.74, 6) is 0.911. The Balaban J connectivity index is 1.65. The smallest absolute Gasteiger partial charge is 0.118 e. The first-order chi connectivity index (χ1) is 10.2. The highest BCUT2D eigenvalue weighted by Crippen LogP contribution is 2.15. The maximum Gasteiger partial charge on any atom is 0.118 e. The molecule has 1 fully saturated rings. The molecule has 0 spiro atoms. The molecule has 2 unspecified atom stereocenters. The molecule has 1 aromatic rings. The zero-order chi connectivity index (χ0) is 15.1. The minimum Gasteiger partial charge on any atom is -0.497 e. The lowest BCUT2D eigenvalue weighted by molar-refractivity contribution is 0.0829. The van der Waals surface area contributed by atoms with E-state index in [0.717, 1.165) is 32.0 Å². The van der Waals surface area contributed by atoms with Gasteiger partial charge in [0.25, 0.3) is 0 Å². The molecule has 1 aliphatic rings. The predicted molar refractivity (Wildman–Crippen MR) is 85.8 cm³/mol. The van der Waals surface area contributed by atoms with E-state index in [9.17, 15) is 0 Å². The summed E-state index contributed by atoms with van der Waals surface area (Å²) in [6.07, 6.45) is 2.79. The van der Waals surface area contributed by atoms with Crippen molar-refractivity contribution >= 4 is 0 Å². The van der Waals surface area contributed by atoms with E-state index in [4.69, 9.17) is 9.47 Å². The fourth-order valence-corrected chi connectivity index (χ4v) is 2.73. The number of nitrogens with zero attached hydrogens (tertiary/aromatic N) is 1. The van der Waals surface area contributed by atoms with Crippen LogP contribution in [0.5, 0.6) is 5.75 Å². The third-order valence-electron chi connectivity index (χ3n) is 4.09. The van der Waals surface area contributed by atoms with Gasteiger partial charge >= 0.3 is 0 Å². The second kappa shape index (κ2) is 8.37. The fourth-order valence-electron chi connectivity index (χ4n) is 2.73. The number of ether oxygens (including phenoxy) is 2. The van der Waals surface area contributed by atoms with E-state index in [2.05, 4.69) is 36.3 Å². The van der Waals surface area contributed by atoms with Gasteiger partial charge < -0.3 is 19.7 Å². The van der Waals surface area contributed by atoms with Crippen LogP contribution in [0.4, 0.5) is 0 Å². The van der Waals surface area contributed by atoms with Gasteiger partial charge in [-0.2, -0.15) is 0 Å². The van der Waals surface area contributed by atoms with Crippen LogP contribution in [0.3, 0.4) is 0 Å². The van der Waals surface area contributed by atoms with E-state index >= 15 is 0 Å². The van der Waals surface area contributed by atoms with E-state index in [1.54, 1.807) is 7.11 Å². The van der Waals surface area contributed by atoms with E-state index in [1.165, 1.54) is 18.4 Å². The molecule has 0 amide bonds. The first-order valence-electron chi connectivity index (χ1n) is 7.85. The number of rotatable bonds is 8. The van der Waals surface area contributed by atoms with Crippen molar-refractivity contribution in [1.82, 2.24) is 10.2 Å². The van der Waals surface area contributed by atoms with Gasteiger partial charge in [-0.3, -0.25) is 0 Å². The van der Waals surface area contributed by atoms with Crippen LogP contribution in [0.1, 0.15) is 25.3 Å². The highest BCUT2D eigenvalue weighted by Gasteiger charge is 2.21. The van der Waals surface area contributed by atoms with E-state index in [1.807, 2.05) is 12.1 Å². The third kappa shape index (κ3) is 5.30. The van der Waals surface area contributed by atoms with Crippen LogP contribution < -0.4 is 10.1 Å². The Morgan fingerprint density at radius 3 is 2.76 bits per heavy atom. The monoisotopic (exact) mass is 292 g/mol. The van der Waals surface area contributed by atoms with Gasteiger partial charge in [0.15, 0.2) is 0 Å². The van der Waals surface area contributed by atoms with Gasteiger partial charge in [-0.15, -0.1) is 0 Å². The second-order valence-corrected chi connectivity index (χ2v) is 5.88. The van der Waals surface area contributed by atoms with Crippen molar-refractivity contribution in [3.05, 3.63) is 29.8 Å². The average molecular weight is 292 g/mol. The summed E-state index contributed by atoms with van der Waals surface area (Å²) < 4.78 is 10.9. The SMILES string of the molecule is COc1ccc(CN(C)CCNC(C)C2CCCO2)cc1. The fraction of sp³-hybridized carbons (Fsp3) is 0.647. The van der Waals surface area contributed by atoms with Gasteiger partial charge in [-0.05, 0) is 44.5 Å². The topological polar surface area (TPSA) is 33.7 Å². The Labute approximate surface area is 128 Å². The van der Waals surface area contributed by atoms with Crippen LogP contribution in [0, 0.1) is 0 Å². The molecule has 1 heterocycles. The molecule has 4 heteroatoms. The van der Waals surface area contributed by atoms with Gasteiger partial charge in [0.2, 0.25) is 0 Å². The van der Waals surface area contributed by atoms with E-state index in [0.29, 0.717) is 12.1 Å². The highest BCUT2D eigenvalue weighted by atomic mass is 16.5. The van der Waals surface area contributed by atoms with Crippen molar-refractivity contribution in [3.63, 3.8) is 0 Å². The first-order valence-corrected chi connectivity index (χ1v) is 7.85. The van der Waals surface area contributed by atoms with Crippen molar-refractivity contribution in [2.24, 2.45) is 0 Å². The van der Waals surface area contributed by atoms with Gasteiger partial charge in [0.1, 0.15) is 5.75 Å². The number of methoxy groups -OCH3 is 1. The Morgan fingerprint density at radius 1 is 1.38 bits per heavy atom. The Bertz CT molecular complexity index is 402. The van der Waals surface area contributed by atoms with Gasteiger partial charge in [0, 0.05) is 32.3 Å². The molecule has 1 saturated heterocycles. The van der Waals surface area contributed by atoms with Gasteiger partial charge in [-0.1, -0.05) is 12.1 Å². The van der Waals surface area contributed by atoms with Crippen LogP contribution in [0.2, 0.25) is 0 Å². The van der Waals surface area contributed by atoms with Gasteiger partial charge in [-0.25, -0.2) is 0 Å². The van der Waals surface area contributed by atoms with Crippen LogP contribution in [0.15, 0.2) is 24.3 Å². The van der Waals surface area contributed by atoms with E-state index < -0.39 is 0 Å². The van der Waals surface area contributed by atoms with Crippen molar-refractivity contribution in [1.29, 1.82) is 0 Å². The quantitative estimate of drug-likeness (QED) is 0.797. The molecule has 118 valence electrons. The maximum absolute atomic E-state index is 5.70. The number of likely N-dealkylation sites (N-methyl/N-ethyl adjacent to an activating group) is 1. The molecule has 0 aromatic heterocycles. The summed E-state index contributed by atoms with van der Waals surface area (Å²) in [7, 11) is 3.85. The summed E-state index contributed by atoms with van der Waals surface area (Å²) >= 11 is 0. The minimum atomic E-state index is 0.400. The zero-order valence-electron chi connectivity index (χ0n) is 13.5. The lowest BCUT2D eigenvalue weighted by Crippen LogP contribution is -2.40. The number of benzene rings is 1. The molecule has 0 radical (unpaired) electrons. The molecule has 21 heavy (non-hydrogen) atoms. The average Bonchev–Trinajstić information content (AvgIpc) is 3.02. The minimum absolute atomic E-state index is 0.400. The molecule has 1 N–H and O–H groups in total. The molecular weight excluding hydrogens is 264 g/mol. The van der Waals surface area contributed by atoms with Crippen LogP contribution >= 0.6 is 0 Å². The molecular formula is C17H28N2O2. The molecule has 1 aromatic carbocycles. The van der Waals surface area contributed by atoms with E-state index in [-0.39, 0.29) is 0 Å². The number of hydrogen-bond donors (Lipinski definition) is 1. The first kappa shape index (κ1) is 16.3. The molecule has 1 aliphatic heterocycles. The molecule has 0 aliphatic carbocycles. The maximum atomic E-state index is 5.70. The summed E-state index contributed by atoms with van der Waals surface area (Å²) in [6, 6.07) is 8.72. The summed E-state index contributed by atoms with van der Waals surface area (Å²) in [5, 5.41) is 3.57. The molecule has 2 rings (SSSR count).